The molecule has 2 rings (SSSR count). The molecule has 2 unspecified atom stereocenters. The molecule has 1 aliphatic carbocycles. The Labute approximate surface area is 61.9 Å². The van der Waals surface area contributed by atoms with Gasteiger partial charge in [0.25, 0.3) is 0 Å². The van der Waals surface area contributed by atoms with Crippen molar-refractivity contribution in [2.45, 2.75) is 26.3 Å². The van der Waals surface area contributed by atoms with E-state index in [2.05, 4.69) is 31.0 Å². The molecular weight excluding hydrogens is 122 g/mol. The summed E-state index contributed by atoms with van der Waals surface area (Å²) in [5.74, 6) is 0.756. The minimum Gasteiger partial charge on any atom is -0.289 e. The van der Waals surface area contributed by atoms with E-state index in [1.165, 1.54) is 6.42 Å². The highest BCUT2D eigenvalue weighted by atomic mass is 14.9. The molecule has 2 aliphatic rings. The van der Waals surface area contributed by atoms with E-state index in [0.29, 0.717) is 11.5 Å². The van der Waals surface area contributed by atoms with Crippen molar-refractivity contribution in [2.75, 3.05) is 0 Å². The Morgan fingerprint density at radius 3 is 2.90 bits per heavy atom. The molecule has 0 aromatic rings. The molecule has 2 atom stereocenters. The molecule has 0 saturated heterocycles. The third-order valence-electron chi connectivity index (χ3n) is 2.84. The lowest BCUT2D eigenvalue weighted by atomic mass is 9.90. The van der Waals surface area contributed by atoms with E-state index < -0.39 is 0 Å². The second-order valence-corrected chi connectivity index (χ2v) is 3.64. The van der Waals surface area contributed by atoms with Gasteiger partial charge in [0.1, 0.15) is 0 Å². The van der Waals surface area contributed by atoms with Crippen molar-refractivity contribution in [1.29, 1.82) is 0 Å². The van der Waals surface area contributed by atoms with Crippen LogP contribution in [0.15, 0.2) is 17.1 Å². The molecule has 0 N–H and O–H groups in total. The first-order valence-electron chi connectivity index (χ1n) is 3.97. The Hall–Kier alpha value is -0.590. The smallest absolute Gasteiger partial charge is 0.0602 e. The molecule has 0 aromatic carbocycles. The predicted octanol–water partition coefficient (Wildman–Crippen LogP) is 2.04. The Kier molecular flexibility index (Phi) is 1.05. The largest absolute Gasteiger partial charge is 0.289 e. The van der Waals surface area contributed by atoms with E-state index in [9.17, 15) is 0 Å². The monoisotopic (exact) mass is 135 g/mol. The molecule has 0 spiro atoms. The molecule has 0 amide bonds. The number of aliphatic imine (C=N–C) groups is 1. The normalized spacial score (nSPS) is 42.1. The maximum atomic E-state index is 4.39. The van der Waals surface area contributed by atoms with Crippen LogP contribution < -0.4 is 0 Å². The van der Waals surface area contributed by atoms with Crippen molar-refractivity contribution in [3.05, 3.63) is 12.2 Å². The number of nitrogens with zero attached hydrogens (tertiary/aromatic N) is 1. The van der Waals surface area contributed by atoms with Gasteiger partial charge in [0.05, 0.1) is 6.04 Å². The van der Waals surface area contributed by atoms with Crippen LogP contribution >= 0.6 is 0 Å². The average Bonchev–Trinajstić information content (AvgIpc) is 2.61. The molecule has 1 heteroatoms. The van der Waals surface area contributed by atoms with Gasteiger partial charge in [-0.2, -0.15) is 0 Å². The van der Waals surface area contributed by atoms with Crippen molar-refractivity contribution in [1.82, 2.24) is 0 Å². The van der Waals surface area contributed by atoms with Crippen LogP contribution in [0.4, 0.5) is 0 Å². The van der Waals surface area contributed by atoms with E-state index in [4.69, 9.17) is 0 Å². The first-order chi connectivity index (χ1) is 4.76. The first-order valence-corrected chi connectivity index (χ1v) is 3.97. The summed E-state index contributed by atoms with van der Waals surface area (Å²) in [6.45, 7) is 4.57. The van der Waals surface area contributed by atoms with E-state index >= 15 is 0 Å². The Bertz CT molecular complexity index is 203. The second kappa shape index (κ2) is 1.71. The van der Waals surface area contributed by atoms with Gasteiger partial charge in [-0.05, 0) is 18.4 Å². The number of hydrogen-bond donors (Lipinski definition) is 0. The van der Waals surface area contributed by atoms with Crippen LogP contribution in [0.5, 0.6) is 0 Å². The summed E-state index contributed by atoms with van der Waals surface area (Å²) in [7, 11) is 0. The molecular formula is C9H13N. The maximum absolute atomic E-state index is 4.39. The van der Waals surface area contributed by atoms with Crippen LogP contribution in [-0.4, -0.2) is 12.3 Å². The van der Waals surface area contributed by atoms with E-state index in [0.717, 1.165) is 5.92 Å². The number of fused-ring (bicyclic) bond motifs is 1. The summed E-state index contributed by atoms with van der Waals surface area (Å²) in [6, 6.07) is 0.623. The third-order valence-corrected chi connectivity index (χ3v) is 2.84. The van der Waals surface area contributed by atoms with E-state index in [-0.39, 0.29) is 0 Å². The van der Waals surface area contributed by atoms with Crippen molar-refractivity contribution < 1.29 is 0 Å². The summed E-state index contributed by atoms with van der Waals surface area (Å²) < 4.78 is 0. The van der Waals surface area contributed by atoms with Gasteiger partial charge < -0.3 is 0 Å². The minimum absolute atomic E-state index is 0.467. The fourth-order valence-corrected chi connectivity index (χ4v) is 1.84. The molecule has 1 saturated carbocycles. The van der Waals surface area contributed by atoms with Crippen molar-refractivity contribution in [3.8, 4) is 0 Å². The third kappa shape index (κ3) is 0.606. The van der Waals surface area contributed by atoms with Gasteiger partial charge in [-0.25, -0.2) is 0 Å². The zero-order valence-electron chi connectivity index (χ0n) is 6.54. The lowest BCUT2D eigenvalue weighted by Crippen LogP contribution is -2.12. The quantitative estimate of drug-likeness (QED) is 0.521. The standard InChI is InChI=1S/C9H13N/c1-7(2)9-4-3-5-10-8(9)6-9/h3-5,7-8H,6H2,1-2H3. The molecule has 10 heavy (non-hydrogen) atoms. The summed E-state index contributed by atoms with van der Waals surface area (Å²) in [5, 5.41) is 0. The number of rotatable bonds is 1. The highest BCUT2D eigenvalue weighted by Gasteiger charge is 2.54. The van der Waals surface area contributed by atoms with Gasteiger partial charge in [-0.1, -0.05) is 19.9 Å². The van der Waals surface area contributed by atoms with Crippen LogP contribution in [0.3, 0.4) is 0 Å². The van der Waals surface area contributed by atoms with Crippen LogP contribution in [0.2, 0.25) is 0 Å². The summed E-state index contributed by atoms with van der Waals surface area (Å²) in [5.41, 5.74) is 0.467. The van der Waals surface area contributed by atoms with Gasteiger partial charge >= 0.3 is 0 Å². The molecule has 0 aromatic heterocycles. The zero-order chi connectivity index (χ0) is 7.19. The summed E-state index contributed by atoms with van der Waals surface area (Å²) >= 11 is 0. The average molecular weight is 135 g/mol. The van der Waals surface area contributed by atoms with Gasteiger partial charge in [0.2, 0.25) is 0 Å². The lowest BCUT2D eigenvalue weighted by molar-refractivity contribution is 0.431. The van der Waals surface area contributed by atoms with Crippen LogP contribution in [0.25, 0.3) is 0 Å². The highest BCUT2D eigenvalue weighted by Crippen LogP contribution is 2.56. The predicted molar refractivity (Wildman–Crippen MR) is 43.3 cm³/mol. The molecule has 0 bridgehead atoms. The minimum atomic E-state index is 0.467. The fraction of sp³-hybridized carbons (Fsp3) is 0.667. The zero-order valence-corrected chi connectivity index (χ0v) is 6.54. The molecule has 0 radical (unpaired) electrons. The van der Waals surface area contributed by atoms with Crippen molar-refractivity contribution in [2.24, 2.45) is 16.3 Å². The number of hydrogen-bond acceptors (Lipinski definition) is 1. The molecule has 1 heterocycles. The van der Waals surface area contributed by atoms with Gasteiger partial charge in [0, 0.05) is 11.6 Å². The molecule has 1 fully saturated rings. The van der Waals surface area contributed by atoms with Crippen LogP contribution in [0.1, 0.15) is 20.3 Å². The highest BCUT2D eigenvalue weighted by molar-refractivity contribution is 5.74. The SMILES string of the molecule is CC(C)C12C=CC=NC1C2. The number of dihydropyridines is 1. The Morgan fingerprint density at radius 2 is 2.40 bits per heavy atom. The van der Waals surface area contributed by atoms with Gasteiger partial charge in [-0.3, -0.25) is 4.99 Å². The molecule has 1 nitrogen and oxygen atoms in total. The summed E-state index contributed by atoms with van der Waals surface area (Å²) in [6.07, 6.45) is 7.62. The van der Waals surface area contributed by atoms with E-state index in [1.54, 1.807) is 0 Å². The van der Waals surface area contributed by atoms with E-state index in [1.807, 2.05) is 6.21 Å². The van der Waals surface area contributed by atoms with Crippen molar-refractivity contribution >= 4 is 6.21 Å². The Morgan fingerprint density at radius 1 is 1.60 bits per heavy atom. The van der Waals surface area contributed by atoms with Gasteiger partial charge in [-0.15, -0.1) is 0 Å². The Balaban J connectivity index is 2.23. The van der Waals surface area contributed by atoms with Gasteiger partial charge in [0.15, 0.2) is 0 Å². The topological polar surface area (TPSA) is 12.4 Å². The fourth-order valence-electron chi connectivity index (χ4n) is 1.84. The maximum Gasteiger partial charge on any atom is 0.0602 e. The molecule has 1 aliphatic heterocycles. The summed E-state index contributed by atoms with van der Waals surface area (Å²) in [4.78, 5) is 4.39. The second-order valence-electron chi connectivity index (χ2n) is 3.64. The van der Waals surface area contributed by atoms with Crippen LogP contribution in [-0.2, 0) is 0 Å². The molecule has 54 valence electrons. The number of allylic oxidation sites excluding steroid dienone is 1. The van der Waals surface area contributed by atoms with Crippen LogP contribution in [0, 0.1) is 11.3 Å². The first kappa shape index (κ1) is 6.14. The van der Waals surface area contributed by atoms with Crippen molar-refractivity contribution in [3.63, 3.8) is 0 Å². The lowest BCUT2D eigenvalue weighted by Gasteiger charge is -2.16.